The van der Waals surface area contributed by atoms with Crippen LogP contribution in [0, 0.1) is 0 Å². The fourth-order valence-corrected chi connectivity index (χ4v) is 2.51. The molecule has 3 aromatic heterocycles. The Hall–Kier alpha value is -4.29. The lowest BCUT2D eigenvalue weighted by molar-refractivity contribution is 0.0954. The number of aryl methyl sites for hydroxylation is 1. The molecule has 0 atom stereocenters. The lowest BCUT2D eigenvalue weighted by atomic mass is 10.3. The molecule has 0 aliphatic rings. The first-order valence-electron chi connectivity index (χ1n) is 9.26. The van der Waals surface area contributed by atoms with Crippen LogP contribution in [0.15, 0.2) is 31.1 Å². The molecule has 0 bridgehead atoms. The zero-order valence-corrected chi connectivity index (χ0v) is 17.4. The molecule has 31 heavy (non-hydrogen) atoms. The monoisotopic (exact) mass is 426 g/mol. The highest BCUT2D eigenvalue weighted by molar-refractivity contribution is 6.01. The number of rotatable bonds is 7. The van der Waals surface area contributed by atoms with Gasteiger partial charge >= 0.3 is 6.09 Å². The third kappa shape index (κ3) is 5.01. The topological polar surface area (TPSA) is 152 Å². The van der Waals surface area contributed by atoms with Crippen LogP contribution in [0.5, 0.6) is 5.88 Å². The van der Waals surface area contributed by atoms with E-state index in [9.17, 15) is 9.59 Å². The summed E-state index contributed by atoms with van der Waals surface area (Å²) in [5.74, 6) is 0.223. The molecule has 13 nitrogen and oxygen atoms in total. The molecular formula is C18H22N10O3. The summed E-state index contributed by atoms with van der Waals surface area (Å²) in [6, 6.07) is 0. The summed E-state index contributed by atoms with van der Waals surface area (Å²) in [6.07, 6.45) is 6.49. The number of amides is 2. The van der Waals surface area contributed by atoms with Crippen LogP contribution < -0.4 is 25.6 Å². The summed E-state index contributed by atoms with van der Waals surface area (Å²) >= 11 is 0. The number of aromatic nitrogens is 6. The zero-order valence-electron chi connectivity index (χ0n) is 17.4. The number of carbonyl (C=O) groups excluding carboxylic acids is 2. The molecule has 3 N–H and O–H groups in total. The Balaban J connectivity index is 1.86. The first kappa shape index (κ1) is 21.4. The average Bonchev–Trinajstić information content (AvgIpc) is 3.14. The molecular weight excluding hydrogens is 404 g/mol. The van der Waals surface area contributed by atoms with Gasteiger partial charge in [-0.2, -0.15) is 10.1 Å². The van der Waals surface area contributed by atoms with Crippen LogP contribution in [-0.4, -0.2) is 62.4 Å². The predicted molar refractivity (Wildman–Crippen MR) is 113 cm³/mol. The van der Waals surface area contributed by atoms with Gasteiger partial charge in [0, 0.05) is 27.7 Å². The van der Waals surface area contributed by atoms with Crippen molar-refractivity contribution in [3.05, 3.63) is 36.8 Å². The second-order valence-corrected chi connectivity index (χ2v) is 6.27. The maximum absolute atomic E-state index is 12.6. The molecule has 162 valence electrons. The van der Waals surface area contributed by atoms with E-state index in [2.05, 4.69) is 41.0 Å². The second kappa shape index (κ2) is 9.47. The quantitative estimate of drug-likeness (QED) is 0.502. The van der Waals surface area contributed by atoms with Gasteiger partial charge in [0.15, 0.2) is 11.6 Å². The first-order chi connectivity index (χ1) is 14.9. The summed E-state index contributed by atoms with van der Waals surface area (Å²) in [5, 5.41) is 12.0. The highest BCUT2D eigenvalue weighted by Crippen LogP contribution is 2.26. The normalized spacial score (nSPS) is 10.3. The van der Waals surface area contributed by atoms with E-state index in [1.807, 2.05) is 18.9 Å². The van der Waals surface area contributed by atoms with Crippen molar-refractivity contribution in [1.29, 1.82) is 0 Å². The first-order valence-corrected chi connectivity index (χ1v) is 9.26. The van der Waals surface area contributed by atoms with E-state index in [4.69, 9.17) is 4.74 Å². The van der Waals surface area contributed by atoms with Crippen molar-refractivity contribution in [2.24, 2.45) is 7.05 Å². The molecule has 0 aliphatic carbocycles. The Morgan fingerprint density at radius 1 is 1.19 bits per heavy atom. The number of hydrogen-bond acceptors (Lipinski definition) is 10. The minimum absolute atomic E-state index is 0.0652. The van der Waals surface area contributed by atoms with E-state index in [0.29, 0.717) is 18.1 Å². The Morgan fingerprint density at radius 2 is 1.94 bits per heavy atom. The van der Waals surface area contributed by atoms with Crippen LogP contribution in [0.25, 0.3) is 0 Å². The summed E-state index contributed by atoms with van der Waals surface area (Å²) in [7, 11) is 4.89. The van der Waals surface area contributed by atoms with Crippen LogP contribution >= 0.6 is 0 Å². The molecule has 0 radical (unpaired) electrons. The number of anilines is 4. The molecule has 0 saturated heterocycles. The minimum atomic E-state index is -0.865. The fourth-order valence-electron chi connectivity index (χ4n) is 2.51. The summed E-state index contributed by atoms with van der Waals surface area (Å²) < 4.78 is 6.75. The Labute approximate surface area is 177 Å². The van der Waals surface area contributed by atoms with Gasteiger partial charge in [-0.25, -0.2) is 19.7 Å². The third-order valence-corrected chi connectivity index (χ3v) is 4.22. The van der Waals surface area contributed by atoms with Gasteiger partial charge in [-0.15, -0.1) is 0 Å². The SMILES string of the molecule is CCN(C)c1cnc(Nc2cncnc2)c(OC(=O)Nc2cnn(C)c2C(=O)NC)n1. The van der Waals surface area contributed by atoms with Crippen molar-refractivity contribution >= 4 is 35.0 Å². The van der Waals surface area contributed by atoms with E-state index in [1.54, 1.807) is 13.2 Å². The number of ether oxygens (including phenoxy) is 1. The highest BCUT2D eigenvalue weighted by Gasteiger charge is 2.20. The Bertz CT molecular complexity index is 1070. The van der Waals surface area contributed by atoms with Crippen molar-refractivity contribution in [3.8, 4) is 5.88 Å². The molecule has 0 aliphatic heterocycles. The van der Waals surface area contributed by atoms with Gasteiger partial charge in [0.05, 0.1) is 36.2 Å². The fraction of sp³-hybridized carbons (Fsp3) is 0.278. The number of nitrogens with one attached hydrogen (secondary N) is 3. The summed E-state index contributed by atoms with van der Waals surface area (Å²) in [5.41, 5.74) is 0.894. The Morgan fingerprint density at radius 3 is 2.61 bits per heavy atom. The molecule has 0 saturated carbocycles. The van der Waals surface area contributed by atoms with E-state index >= 15 is 0 Å². The van der Waals surface area contributed by atoms with E-state index in [-0.39, 0.29) is 23.1 Å². The molecule has 3 aromatic rings. The van der Waals surface area contributed by atoms with Gasteiger partial charge in [0.25, 0.3) is 11.8 Å². The second-order valence-electron chi connectivity index (χ2n) is 6.27. The number of nitrogens with zero attached hydrogens (tertiary/aromatic N) is 7. The maximum Gasteiger partial charge on any atom is 0.418 e. The van der Waals surface area contributed by atoms with Gasteiger partial charge in [0.2, 0.25) is 0 Å². The molecule has 0 unspecified atom stereocenters. The predicted octanol–water partition coefficient (Wildman–Crippen LogP) is 1.17. The summed E-state index contributed by atoms with van der Waals surface area (Å²) in [6.45, 7) is 2.62. The average molecular weight is 426 g/mol. The Kier molecular flexibility index (Phi) is 6.54. The molecule has 3 heterocycles. The van der Waals surface area contributed by atoms with Gasteiger partial charge in [-0.05, 0) is 6.92 Å². The van der Waals surface area contributed by atoms with E-state index in [1.165, 1.54) is 36.6 Å². The van der Waals surface area contributed by atoms with Gasteiger partial charge in [-0.3, -0.25) is 14.8 Å². The number of hydrogen-bond donors (Lipinski definition) is 3. The van der Waals surface area contributed by atoms with Crippen molar-refractivity contribution in [2.75, 3.05) is 36.2 Å². The zero-order chi connectivity index (χ0) is 22.4. The van der Waals surface area contributed by atoms with Crippen molar-refractivity contribution < 1.29 is 14.3 Å². The standard InChI is InChI=1S/C18H22N10O3/c1-5-27(3)13-9-22-15(24-11-6-20-10-21-7-11)17(26-13)31-18(30)25-12-8-23-28(4)14(12)16(29)19-2/h6-10H,5H2,1-4H3,(H,19,29)(H,22,24)(H,25,30). The van der Waals surface area contributed by atoms with E-state index in [0.717, 1.165) is 0 Å². The van der Waals surface area contributed by atoms with Gasteiger partial charge < -0.3 is 20.3 Å². The lowest BCUT2D eigenvalue weighted by Gasteiger charge is -2.17. The molecule has 0 spiro atoms. The van der Waals surface area contributed by atoms with Crippen LogP contribution in [0.3, 0.4) is 0 Å². The third-order valence-electron chi connectivity index (χ3n) is 4.22. The molecule has 13 heteroatoms. The molecule has 0 fully saturated rings. The highest BCUT2D eigenvalue weighted by atomic mass is 16.6. The molecule has 0 aromatic carbocycles. The number of carbonyl (C=O) groups is 2. The van der Waals surface area contributed by atoms with Crippen molar-refractivity contribution in [3.63, 3.8) is 0 Å². The van der Waals surface area contributed by atoms with Gasteiger partial charge in [0.1, 0.15) is 12.0 Å². The largest absolute Gasteiger partial charge is 0.418 e. The van der Waals surface area contributed by atoms with Crippen molar-refractivity contribution in [1.82, 2.24) is 35.0 Å². The van der Waals surface area contributed by atoms with Crippen LogP contribution in [0.2, 0.25) is 0 Å². The van der Waals surface area contributed by atoms with Crippen LogP contribution in [0.1, 0.15) is 17.4 Å². The maximum atomic E-state index is 12.6. The minimum Gasteiger partial charge on any atom is -0.387 e. The molecule has 2 amide bonds. The van der Waals surface area contributed by atoms with Crippen molar-refractivity contribution in [2.45, 2.75) is 6.92 Å². The van der Waals surface area contributed by atoms with Gasteiger partial charge in [-0.1, -0.05) is 0 Å². The van der Waals surface area contributed by atoms with Crippen LogP contribution in [-0.2, 0) is 7.05 Å². The molecule has 3 rings (SSSR count). The lowest BCUT2D eigenvalue weighted by Crippen LogP contribution is -2.25. The summed E-state index contributed by atoms with van der Waals surface area (Å²) in [4.78, 5) is 43.0. The van der Waals surface area contributed by atoms with Crippen LogP contribution in [0.4, 0.5) is 27.8 Å². The van der Waals surface area contributed by atoms with E-state index < -0.39 is 12.0 Å². The smallest absolute Gasteiger partial charge is 0.387 e.